The van der Waals surface area contributed by atoms with Gasteiger partial charge in [-0.15, -0.1) is 0 Å². The van der Waals surface area contributed by atoms with Gasteiger partial charge in [0.15, 0.2) is 0 Å². The lowest BCUT2D eigenvalue weighted by atomic mass is 10.2. The molecule has 2 rings (SSSR count). The summed E-state index contributed by atoms with van der Waals surface area (Å²) in [6.45, 7) is 4.65. The van der Waals surface area contributed by atoms with Crippen LogP contribution in [0.2, 0.25) is 10.0 Å². The Morgan fingerprint density at radius 2 is 2.00 bits per heavy atom. The number of carboxylic acid groups (broad SMARTS) is 1. The summed E-state index contributed by atoms with van der Waals surface area (Å²) >= 11 is 11.8. The number of aliphatic carboxylic acids is 1. The van der Waals surface area contributed by atoms with Crippen LogP contribution >= 0.6 is 23.2 Å². The zero-order valence-electron chi connectivity index (χ0n) is 14.3. The van der Waals surface area contributed by atoms with Crippen LogP contribution in [0.25, 0.3) is 0 Å². The lowest BCUT2D eigenvalue weighted by Crippen LogP contribution is -2.42. The van der Waals surface area contributed by atoms with Gasteiger partial charge in [-0.3, -0.25) is 14.5 Å². The van der Waals surface area contributed by atoms with Gasteiger partial charge in [0.2, 0.25) is 5.91 Å². The van der Waals surface area contributed by atoms with Crippen LogP contribution in [0.1, 0.15) is 12.8 Å². The largest absolute Gasteiger partial charge is 0.480 e. The van der Waals surface area contributed by atoms with Crippen LogP contribution in [0.4, 0.5) is 5.69 Å². The number of nitrogens with zero attached hydrogens (tertiary/aromatic N) is 1. The van der Waals surface area contributed by atoms with E-state index in [-0.39, 0.29) is 6.42 Å². The zero-order chi connectivity index (χ0) is 18.9. The Morgan fingerprint density at radius 3 is 2.65 bits per heavy atom. The van der Waals surface area contributed by atoms with Crippen molar-refractivity contribution in [1.82, 2.24) is 10.2 Å². The monoisotopic (exact) mass is 403 g/mol. The second-order valence-electron chi connectivity index (χ2n) is 6.03. The summed E-state index contributed by atoms with van der Waals surface area (Å²) in [4.78, 5) is 25.8. The molecular weight excluding hydrogens is 381 g/mol. The van der Waals surface area contributed by atoms with E-state index in [4.69, 9.17) is 27.9 Å². The summed E-state index contributed by atoms with van der Waals surface area (Å²) in [6, 6.07) is 3.73. The highest BCUT2D eigenvalue weighted by molar-refractivity contribution is 6.36. The highest BCUT2D eigenvalue weighted by Crippen LogP contribution is 2.25. The van der Waals surface area contributed by atoms with E-state index in [0.717, 1.165) is 39.3 Å². The van der Waals surface area contributed by atoms with Crippen LogP contribution in [0, 0.1) is 0 Å². The number of nitrogens with one attached hydrogen (secondary N) is 2. The summed E-state index contributed by atoms with van der Waals surface area (Å²) in [5, 5.41) is 15.6. The van der Waals surface area contributed by atoms with Crippen molar-refractivity contribution in [3.8, 4) is 0 Å². The molecule has 1 fully saturated rings. The average molecular weight is 404 g/mol. The molecule has 0 spiro atoms. The maximum Gasteiger partial charge on any atom is 0.321 e. The molecular formula is C17H23Cl2N3O4. The molecule has 0 bridgehead atoms. The fourth-order valence-electron chi connectivity index (χ4n) is 2.63. The Labute approximate surface area is 162 Å². The predicted octanol–water partition coefficient (Wildman–Crippen LogP) is 2.09. The normalized spacial score (nSPS) is 16.2. The number of anilines is 1. The molecule has 3 N–H and O–H groups in total. The van der Waals surface area contributed by atoms with Crippen LogP contribution in [-0.4, -0.2) is 67.3 Å². The van der Waals surface area contributed by atoms with E-state index in [1.54, 1.807) is 12.1 Å². The molecule has 1 saturated heterocycles. The predicted molar refractivity (Wildman–Crippen MR) is 101 cm³/mol. The van der Waals surface area contributed by atoms with Gasteiger partial charge in [0.25, 0.3) is 0 Å². The van der Waals surface area contributed by atoms with Gasteiger partial charge in [0.1, 0.15) is 6.04 Å². The van der Waals surface area contributed by atoms with Gasteiger partial charge in [-0.25, -0.2) is 0 Å². The second kappa shape index (κ2) is 10.7. The van der Waals surface area contributed by atoms with Gasteiger partial charge < -0.3 is 20.5 Å². The maximum atomic E-state index is 12.1. The van der Waals surface area contributed by atoms with Crippen molar-refractivity contribution in [3.05, 3.63) is 28.2 Å². The SMILES string of the molecule is O=C(C[C@H](NCCCN1CCOCC1)C(=O)O)Nc1ccc(Cl)cc1Cl. The van der Waals surface area contributed by atoms with Crippen molar-refractivity contribution in [1.29, 1.82) is 0 Å². The number of morpholine rings is 1. The van der Waals surface area contributed by atoms with E-state index in [9.17, 15) is 14.7 Å². The third-order valence-electron chi connectivity index (χ3n) is 4.04. The summed E-state index contributed by atoms with van der Waals surface area (Å²) in [5.41, 5.74) is 0.400. The third kappa shape index (κ3) is 7.09. The van der Waals surface area contributed by atoms with Crippen LogP contribution < -0.4 is 10.6 Å². The topological polar surface area (TPSA) is 90.9 Å². The fraction of sp³-hybridized carbons (Fsp3) is 0.529. The second-order valence-corrected chi connectivity index (χ2v) is 6.87. The van der Waals surface area contributed by atoms with E-state index in [0.29, 0.717) is 22.3 Å². The molecule has 1 aromatic carbocycles. The molecule has 0 radical (unpaired) electrons. The quantitative estimate of drug-likeness (QED) is 0.546. The van der Waals surface area contributed by atoms with Crippen molar-refractivity contribution >= 4 is 40.8 Å². The lowest BCUT2D eigenvalue weighted by molar-refractivity contribution is -0.141. The smallest absolute Gasteiger partial charge is 0.321 e. The highest BCUT2D eigenvalue weighted by atomic mass is 35.5. The van der Waals surface area contributed by atoms with Gasteiger partial charge in [-0.2, -0.15) is 0 Å². The van der Waals surface area contributed by atoms with Crippen molar-refractivity contribution in [2.24, 2.45) is 0 Å². The van der Waals surface area contributed by atoms with Gasteiger partial charge in [0, 0.05) is 18.1 Å². The lowest BCUT2D eigenvalue weighted by Gasteiger charge is -2.26. The van der Waals surface area contributed by atoms with E-state index in [2.05, 4.69) is 15.5 Å². The number of ether oxygens (including phenoxy) is 1. The first-order chi connectivity index (χ1) is 12.5. The van der Waals surface area contributed by atoms with Crippen molar-refractivity contribution < 1.29 is 19.4 Å². The molecule has 0 aromatic heterocycles. The molecule has 1 heterocycles. The van der Waals surface area contributed by atoms with E-state index >= 15 is 0 Å². The van der Waals surface area contributed by atoms with Gasteiger partial charge in [0.05, 0.1) is 30.3 Å². The molecule has 1 aromatic rings. The summed E-state index contributed by atoms with van der Waals surface area (Å²) in [7, 11) is 0. The molecule has 0 aliphatic carbocycles. The fourth-order valence-corrected chi connectivity index (χ4v) is 3.08. The summed E-state index contributed by atoms with van der Waals surface area (Å²) < 4.78 is 5.29. The third-order valence-corrected chi connectivity index (χ3v) is 4.59. The molecule has 0 saturated carbocycles. The van der Waals surface area contributed by atoms with E-state index < -0.39 is 17.9 Å². The average Bonchev–Trinajstić information content (AvgIpc) is 2.61. The van der Waals surface area contributed by atoms with Gasteiger partial charge in [-0.1, -0.05) is 23.2 Å². The minimum absolute atomic E-state index is 0.189. The van der Waals surface area contributed by atoms with Crippen molar-refractivity contribution in [3.63, 3.8) is 0 Å². The first kappa shape index (κ1) is 20.9. The van der Waals surface area contributed by atoms with Crippen LogP contribution in [0.5, 0.6) is 0 Å². The Bertz CT molecular complexity index is 624. The Morgan fingerprint density at radius 1 is 1.27 bits per heavy atom. The number of amides is 1. The summed E-state index contributed by atoms with van der Waals surface area (Å²) in [5.74, 6) is -1.49. The number of halogens is 2. The molecule has 1 atom stereocenters. The molecule has 144 valence electrons. The Balaban J connectivity index is 1.75. The summed E-state index contributed by atoms with van der Waals surface area (Å²) in [6.07, 6.45) is 0.611. The molecule has 1 aliphatic rings. The molecule has 26 heavy (non-hydrogen) atoms. The van der Waals surface area contributed by atoms with Crippen LogP contribution in [-0.2, 0) is 14.3 Å². The van der Waals surface area contributed by atoms with Gasteiger partial charge >= 0.3 is 5.97 Å². The van der Waals surface area contributed by atoms with E-state index in [1.807, 2.05) is 0 Å². The number of hydrogen-bond acceptors (Lipinski definition) is 5. The molecule has 0 unspecified atom stereocenters. The highest BCUT2D eigenvalue weighted by Gasteiger charge is 2.21. The number of benzene rings is 1. The standard InChI is InChI=1S/C17H23Cl2N3O4/c18-12-2-3-14(13(19)10-12)21-16(23)11-15(17(24)25)20-4-1-5-22-6-8-26-9-7-22/h2-3,10,15,20H,1,4-9,11H2,(H,21,23)(H,24,25)/t15-/m0/s1. The number of carbonyl (C=O) groups excluding carboxylic acids is 1. The van der Waals surface area contributed by atoms with E-state index in [1.165, 1.54) is 6.07 Å². The van der Waals surface area contributed by atoms with Crippen LogP contribution in [0.3, 0.4) is 0 Å². The molecule has 9 heteroatoms. The first-order valence-electron chi connectivity index (χ1n) is 8.47. The minimum atomic E-state index is -1.06. The number of hydrogen-bond donors (Lipinski definition) is 3. The van der Waals surface area contributed by atoms with Crippen molar-refractivity contribution in [2.45, 2.75) is 18.9 Å². The maximum absolute atomic E-state index is 12.1. The Kier molecular flexibility index (Phi) is 8.61. The van der Waals surface area contributed by atoms with Crippen molar-refractivity contribution in [2.75, 3.05) is 44.7 Å². The minimum Gasteiger partial charge on any atom is -0.480 e. The number of carbonyl (C=O) groups is 2. The van der Waals surface area contributed by atoms with Crippen LogP contribution in [0.15, 0.2) is 18.2 Å². The van der Waals surface area contributed by atoms with Gasteiger partial charge in [-0.05, 0) is 37.7 Å². The number of rotatable bonds is 9. The molecule has 1 amide bonds. The molecule has 7 nitrogen and oxygen atoms in total. The zero-order valence-corrected chi connectivity index (χ0v) is 15.9. The first-order valence-corrected chi connectivity index (χ1v) is 9.22. The number of carboxylic acids is 1. The molecule has 1 aliphatic heterocycles. The Hall–Kier alpha value is -1.38.